The predicted octanol–water partition coefficient (Wildman–Crippen LogP) is 1.40. The van der Waals surface area contributed by atoms with Gasteiger partial charge in [0.15, 0.2) is 0 Å². The van der Waals surface area contributed by atoms with E-state index in [1.165, 1.54) is 0 Å². The summed E-state index contributed by atoms with van der Waals surface area (Å²) >= 11 is 0. The highest BCUT2D eigenvalue weighted by Crippen LogP contribution is 2.30. The van der Waals surface area contributed by atoms with E-state index in [0.29, 0.717) is 19.4 Å². The first kappa shape index (κ1) is 14.5. The van der Waals surface area contributed by atoms with E-state index in [0.717, 1.165) is 5.56 Å². The molecule has 0 bridgehead atoms. The van der Waals surface area contributed by atoms with Crippen molar-refractivity contribution in [2.24, 2.45) is 11.1 Å². The SMILES string of the molecule is CC1(C(=O)O)CCCN(C(=O)C(N)c2ccccc2)C1. The van der Waals surface area contributed by atoms with Crippen LogP contribution in [0, 0.1) is 5.41 Å². The lowest BCUT2D eigenvalue weighted by Crippen LogP contribution is -2.50. The fourth-order valence-corrected chi connectivity index (χ4v) is 2.60. The van der Waals surface area contributed by atoms with Crippen LogP contribution in [-0.4, -0.2) is 35.0 Å². The molecule has 0 aliphatic carbocycles. The van der Waals surface area contributed by atoms with Crippen molar-refractivity contribution >= 4 is 11.9 Å². The van der Waals surface area contributed by atoms with Crippen LogP contribution in [0.1, 0.15) is 31.4 Å². The van der Waals surface area contributed by atoms with Crippen LogP contribution in [0.5, 0.6) is 0 Å². The van der Waals surface area contributed by atoms with Crippen LogP contribution in [0.2, 0.25) is 0 Å². The number of benzene rings is 1. The lowest BCUT2D eigenvalue weighted by atomic mass is 9.81. The monoisotopic (exact) mass is 276 g/mol. The average Bonchev–Trinajstić information content (AvgIpc) is 2.46. The smallest absolute Gasteiger partial charge is 0.311 e. The summed E-state index contributed by atoms with van der Waals surface area (Å²) in [5.41, 5.74) is 5.87. The van der Waals surface area contributed by atoms with Gasteiger partial charge < -0.3 is 15.7 Å². The number of likely N-dealkylation sites (tertiary alicyclic amines) is 1. The van der Waals surface area contributed by atoms with Gasteiger partial charge in [-0.1, -0.05) is 30.3 Å². The highest BCUT2D eigenvalue weighted by molar-refractivity contribution is 5.84. The van der Waals surface area contributed by atoms with Crippen LogP contribution >= 0.6 is 0 Å². The number of rotatable bonds is 3. The van der Waals surface area contributed by atoms with Gasteiger partial charge in [0, 0.05) is 13.1 Å². The molecular weight excluding hydrogens is 256 g/mol. The van der Waals surface area contributed by atoms with Crippen molar-refractivity contribution in [3.05, 3.63) is 35.9 Å². The Bertz CT molecular complexity index is 503. The molecule has 0 saturated carbocycles. The second-order valence-corrected chi connectivity index (χ2v) is 5.62. The summed E-state index contributed by atoms with van der Waals surface area (Å²) < 4.78 is 0. The van der Waals surface area contributed by atoms with Gasteiger partial charge in [-0.2, -0.15) is 0 Å². The molecule has 0 radical (unpaired) electrons. The Labute approximate surface area is 118 Å². The zero-order valence-electron chi connectivity index (χ0n) is 11.6. The van der Waals surface area contributed by atoms with Crippen LogP contribution in [0.25, 0.3) is 0 Å². The second kappa shape index (κ2) is 5.63. The molecule has 1 aliphatic heterocycles. The minimum atomic E-state index is -0.871. The first-order valence-corrected chi connectivity index (χ1v) is 6.77. The Morgan fingerprint density at radius 2 is 2.00 bits per heavy atom. The topological polar surface area (TPSA) is 83.6 Å². The highest BCUT2D eigenvalue weighted by Gasteiger charge is 2.40. The van der Waals surface area contributed by atoms with E-state index in [1.807, 2.05) is 30.3 Å². The molecule has 2 rings (SSSR count). The molecule has 1 aromatic carbocycles. The highest BCUT2D eigenvalue weighted by atomic mass is 16.4. The van der Waals surface area contributed by atoms with Gasteiger partial charge in [-0.25, -0.2) is 0 Å². The summed E-state index contributed by atoms with van der Waals surface area (Å²) in [6.45, 7) is 2.48. The number of amides is 1. The van der Waals surface area contributed by atoms with E-state index in [4.69, 9.17) is 5.73 Å². The maximum atomic E-state index is 12.4. The van der Waals surface area contributed by atoms with Crippen LogP contribution in [0.15, 0.2) is 30.3 Å². The molecule has 108 valence electrons. The number of hydrogen-bond donors (Lipinski definition) is 2. The van der Waals surface area contributed by atoms with E-state index >= 15 is 0 Å². The van der Waals surface area contributed by atoms with E-state index in [2.05, 4.69) is 0 Å². The normalized spacial score (nSPS) is 24.2. The summed E-state index contributed by atoms with van der Waals surface area (Å²) in [6, 6.07) is 8.42. The maximum Gasteiger partial charge on any atom is 0.311 e. The number of nitrogens with zero attached hydrogens (tertiary/aromatic N) is 1. The molecule has 1 aliphatic rings. The summed E-state index contributed by atoms with van der Waals surface area (Å²) in [5, 5.41) is 9.28. The molecule has 1 aromatic rings. The van der Waals surface area contributed by atoms with Crippen molar-refractivity contribution in [3.8, 4) is 0 Å². The zero-order chi connectivity index (χ0) is 14.8. The molecule has 1 amide bonds. The molecule has 20 heavy (non-hydrogen) atoms. The van der Waals surface area contributed by atoms with Gasteiger partial charge in [-0.3, -0.25) is 9.59 Å². The molecule has 3 N–H and O–H groups in total. The van der Waals surface area contributed by atoms with Gasteiger partial charge >= 0.3 is 5.97 Å². The van der Waals surface area contributed by atoms with Gasteiger partial charge in [0.25, 0.3) is 0 Å². The molecule has 5 heteroatoms. The Kier molecular flexibility index (Phi) is 4.09. The lowest BCUT2D eigenvalue weighted by Gasteiger charge is -2.38. The lowest BCUT2D eigenvalue weighted by molar-refractivity contribution is -0.153. The third-order valence-corrected chi connectivity index (χ3v) is 3.95. The molecule has 2 unspecified atom stereocenters. The number of carbonyl (C=O) groups excluding carboxylic acids is 1. The summed E-state index contributed by atoms with van der Waals surface area (Å²) in [5.74, 6) is -1.06. The fraction of sp³-hybridized carbons (Fsp3) is 0.467. The molecule has 0 spiro atoms. The van der Waals surface area contributed by atoms with Gasteiger partial charge in [0.2, 0.25) is 5.91 Å². The zero-order valence-corrected chi connectivity index (χ0v) is 11.6. The summed E-state index contributed by atoms with van der Waals surface area (Å²) in [6.07, 6.45) is 1.28. The van der Waals surface area contributed by atoms with Crippen molar-refractivity contribution in [1.29, 1.82) is 0 Å². The van der Waals surface area contributed by atoms with E-state index in [-0.39, 0.29) is 12.5 Å². The van der Waals surface area contributed by atoms with Crippen LogP contribution in [0.3, 0.4) is 0 Å². The fourth-order valence-electron chi connectivity index (χ4n) is 2.60. The average molecular weight is 276 g/mol. The number of hydrogen-bond acceptors (Lipinski definition) is 3. The molecule has 0 aromatic heterocycles. The number of carboxylic acid groups (broad SMARTS) is 1. The molecular formula is C15H20N2O3. The van der Waals surface area contributed by atoms with Gasteiger partial charge in [0.05, 0.1) is 5.41 Å². The van der Waals surface area contributed by atoms with Gasteiger partial charge in [-0.15, -0.1) is 0 Å². The number of piperidine rings is 1. The molecule has 1 saturated heterocycles. The van der Waals surface area contributed by atoms with Crippen molar-refractivity contribution in [2.45, 2.75) is 25.8 Å². The third-order valence-electron chi connectivity index (χ3n) is 3.95. The molecule has 1 heterocycles. The van der Waals surface area contributed by atoms with Gasteiger partial charge in [0.1, 0.15) is 6.04 Å². The Morgan fingerprint density at radius 3 is 2.60 bits per heavy atom. The molecule has 5 nitrogen and oxygen atoms in total. The minimum Gasteiger partial charge on any atom is -0.481 e. The number of carboxylic acids is 1. The van der Waals surface area contributed by atoms with Crippen molar-refractivity contribution in [1.82, 2.24) is 4.90 Å². The van der Waals surface area contributed by atoms with Gasteiger partial charge in [-0.05, 0) is 25.3 Å². The molecule has 2 atom stereocenters. The predicted molar refractivity (Wildman–Crippen MR) is 74.9 cm³/mol. The third kappa shape index (κ3) is 2.82. The first-order valence-electron chi connectivity index (χ1n) is 6.77. The number of aliphatic carboxylic acids is 1. The van der Waals surface area contributed by atoms with Crippen molar-refractivity contribution < 1.29 is 14.7 Å². The van der Waals surface area contributed by atoms with Crippen molar-refractivity contribution in [2.75, 3.05) is 13.1 Å². The van der Waals surface area contributed by atoms with Crippen LogP contribution < -0.4 is 5.73 Å². The standard InChI is InChI=1S/C15H20N2O3/c1-15(14(19)20)8-5-9-17(10-15)13(18)12(16)11-6-3-2-4-7-11/h2-4,6-7,12H,5,8-10,16H2,1H3,(H,19,20). The number of carbonyl (C=O) groups is 2. The van der Waals surface area contributed by atoms with Crippen molar-refractivity contribution in [3.63, 3.8) is 0 Å². The van der Waals surface area contributed by atoms with E-state index in [9.17, 15) is 14.7 Å². The summed E-state index contributed by atoms with van der Waals surface area (Å²) in [7, 11) is 0. The van der Waals surface area contributed by atoms with Crippen LogP contribution in [-0.2, 0) is 9.59 Å². The minimum absolute atomic E-state index is 0.205. The van der Waals surface area contributed by atoms with E-state index in [1.54, 1.807) is 11.8 Å². The molecule has 1 fully saturated rings. The van der Waals surface area contributed by atoms with E-state index < -0.39 is 17.4 Å². The quantitative estimate of drug-likeness (QED) is 0.874. The first-order chi connectivity index (χ1) is 9.44. The summed E-state index contributed by atoms with van der Waals surface area (Å²) in [4.78, 5) is 25.3. The number of nitrogens with two attached hydrogens (primary N) is 1. The second-order valence-electron chi connectivity index (χ2n) is 5.62. The largest absolute Gasteiger partial charge is 0.481 e. The Hall–Kier alpha value is -1.88. The maximum absolute atomic E-state index is 12.4. The van der Waals surface area contributed by atoms with Crippen LogP contribution in [0.4, 0.5) is 0 Å². The Balaban J connectivity index is 2.11. The Morgan fingerprint density at radius 1 is 1.35 bits per heavy atom.